The number of anilines is 1. The fourth-order valence-electron chi connectivity index (χ4n) is 3.19. The molecule has 27 heavy (non-hydrogen) atoms. The van der Waals surface area contributed by atoms with Crippen molar-refractivity contribution in [3.05, 3.63) is 86.0 Å². The molecule has 0 radical (unpaired) electrons. The zero-order valence-electron chi connectivity index (χ0n) is 14.8. The van der Waals surface area contributed by atoms with Crippen molar-refractivity contribution in [2.24, 2.45) is 0 Å². The van der Waals surface area contributed by atoms with Crippen molar-refractivity contribution in [1.29, 1.82) is 0 Å². The minimum Gasteiger partial charge on any atom is -0.444 e. The molecule has 7 heteroatoms. The highest BCUT2D eigenvalue weighted by Crippen LogP contribution is 2.40. The molecule has 0 fully saturated rings. The average Bonchev–Trinajstić information content (AvgIpc) is 2.66. The van der Waals surface area contributed by atoms with Crippen LogP contribution in [0.4, 0.5) is 10.5 Å². The zero-order chi connectivity index (χ0) is 19.4. The SMILES string of the molecule is CCC1=CN(C(=O)OCc2ccccc2)c2ccc(Br)cc2[C@H]1C[N+](=O)[O-]. The molecule has 0 aliphatic carbocycles. The highest BCUT2D eigenvalue weighted by molar-refractivity contribution is 9.10. The van der Waals surface area contributed by atoms with E-state index in [9.17, 15) is 14.9 Å². The summed E-state index contributed by atoms with van der Waals surface area (Å²) in [7, 11) is 0. The summed E-state index contributed by atoms with van der Waals surface area (Å²) in [6, 6.07) is 14.9. The third-order valence-corrected chi connectivity index (χ3v) is 5.00. The monoisotopic (exact) mass is 430 g/mol. The van der Waals surface area contributed by atoms with Crippen LogP contribution in [0.1, 0.15) is 30.4 Å². The van der Waals surface area contributed by atoms with Crippen LogP contribution < -0.4 is 4.90 Å². The van der Waals surface area contributed by atoms with Crippen LogP contribution in [0.25, 0.3) is 0 Å². The van der Waals surface area contributed by atoms with Crippen molar-refractivity contribution in [2.45, 2.75) is 25.9 Å². The highest BCUT2D eigenvalue weighted by Gasteiger charge is 2.33. The van der Waals surface area contributed by atoms with E-state index in [1.807, 2.05) is 49.4 Å². The minimum atomic E-state index is -0.507. The van der Waals surface area contributed by atoms with E-state index in [0.717, 1.165) is 21.2 Å². The molecule has 0 aromatic heterocycles. The molecule has 140 valence electrons. The number of benzene rings is 2. The van der Waals surface area contributed by atoms with E-state index >= 15 is 0 Å². The van der Waals surface area contributed by atoms with Gasteiger partial charge in [-0.3, -0.25) is 15.0 Å². The molecule has 0 N–H and O–H groups in total. The van der Waals surface area contributed by atoms with Crippen molar-refractivity contribution in [1.82, 2.24) is 0 Å². The van der Waals surface area contributed by atoms with E-state index in [0.29, 0.717) is 12.1 Å². The summed E-state index contributed by atoms with van der Waals surface area (Å²) in [6.45, 7) is 1.88. The number of halogens is 1. The van der Waals surface area contributed by atoms with E-state index in [4.69, 9.17) is 4.74 Å². The maximum atomic E-state index is 12.7. The lowest BCUT2D eigenvalue weighted by Gasteiger charge is -2.31. The standard InChI is InChI=1S/C20H19BrN2O4/c1-2-15-11-22(20(24)27-13-14-6-4-3-5-7-14)19-9-8-16(21)10-17(19)18(15)12-23(25)26/h3-11,18H,2,12-13H2,1H3/t18-/m0/s1. The van der Waals surface area contributed by atoms with Gasteiger partial charge in [0, 0.05) is 15.6 Å². The Morgan fingerprint density at radius 1 is 1.26 bits per heavy atom. The van der Waals surface area contributed by atoms with E-state index in [1.165, 1.54) is 4.90 Å². The first-order valence-corrected chi connectivity index (χ1v) is 9.40. The van der Waals surface area contributed by atoms with Crippen molar-refractivity contribution in [2.75, 3.05) is 11.4 Å². The second kappa shape index (κ2) is 8.35. The summed E-state index contributed by atoms with van der Waals surface area (Å²) in [5, 5.41) is 11.2. The van der Waals surface area contributed by atoms with E-state index in [2.05, 4.69) is 15.9 Å². The first kappa shape index (κ1) is 19.1. The molecule has 2 aromatic rings. The largest absolute Gasteiger partial charge is 0.444 e. The summed E-state index contributed by atoms with van der Waals surface area (Å²) in [4.78, 5) is 25.0. The number of carbonyl (C=O) groups excluding carboxylic acids is 1. The number of nitrogens with zero attached hydrogens (tertiary/aromatic N) is 2. The van der Waals surface area contributed by atoms with Gasteiger partial charge in [0.2, 0.25) is 6.54 Å². The van der Waals surface area contributed by atoms with E-state index in [-0.39, 0.29) is 24.0 Å². The van der Waals surface area contributed by atoms with Crippen LogP contribution in [0.3, 0.4) is 0 Å². The third kappa shape index (κ3) is 4.36. The molecule has 0 saturated heterocycles. The number of hydrogen-bond donors (Lipinski definition) is 0. The van der Waals surface area contributed by atoms with Gasteiger partial charge < -0.3 is 4.74 Å². The van der Waals surface area contributed by atoms with Gasteiger partial charge in [0.15, 0.2) is 0 Å². The molecule has 0 saturated carbocycles. The molecule has 2 aromatic carbocycles. The summed E-state index contributed by atoms with van der Waals surface area (Å²) in [6.07, 6.45) is 1.78. The Morgan fingerprint density at radius 3 is 2.67 bits per heavy atom. The van der Waals surface area contributed by atoms with Crippen molar-refractivity contribution in [3.8, 4) is 0 Å². The molecule has 1 aliphatic heterocycles. The number of hydrogen-bond acceptors (Lipinski definition) is 4. The number of rotatable bonds is 5. The lowest BCUT2D eigenvalue weighted by molar-refractivity contribution is -0.482. The van der Waals surface area contributed by atoms with Crippen LogP contribution in [0.5, 0.6) is 0 Å². The first-order chi connectivity index (χ1) is 13.0. The van der Waals surface area contributed by atoms with Gasteiger partial charge in [-0.25, -0.2) is 4.79 Å². The van der Waals surface area contributed by atoms with Gasteiger partial charge in [-0.15, -0.1) is 0 Å². The van der Waals surface area contributed by atoms with E-state index < -0.39 is 6.09 Å². The molecule has 0 bridgehead atoms. The minimum absolute atomic E-state index is 0.162. The Hall–Kier alpha value is -2.67. The van der Waals surface area contributed by atoms with Crippen LogP contribution in [-0.2, 0) is 11.3 Å². The van der Waals surface area contributed by atoms with Crippen LogP contribution in [-0.4, -0.2) is 17.6 Å². The summed E-state index contributed by atoms with van der Waals surface area (Å²) >= 11 is 3.42. The quantitative estimate of drug-likeness (QED) is 0.478. The van der Waals surface area contributed by atoms with Crippen molar-refractivity contribution >= 4 is 27.7 Å². The van der Waals surface area contributed by atoms with Crippen LogP contribution >= 0.6 is 15.9 Å². The zero-order valence-corrected chi connectivity index (χ0v) is 16.4. The Balaban J connectivity index is 1.90. The van der Waals surface area contributed by atoms with Gasteiger partial charge in [0.25, 0.3) is 0 Å². The maximum Gasteiger partial charge on any atom is 0.418 e. The van der Waals surface area contributed by atoms with Gasteiger partial charge in [0.1, 0.15) is 6.61 Å². The topological polar surface area (TPSA) is 72.7 Å². The van der Waals surface area contributed by atoms with Crippen molar-refractivity contribution in [3.63, 3.8) is 0 Å². The smallest absolute Gasteiger partial charge is 0.418 e. The number of fused-ring (bicyclic) bond motifs is 1. The van der Waals surface area contributed by atoms with Crippen LogP contribution in [0.15, 0.2) is 64.8 Å². The Kier molecular flexibility index (Phi) is 5.91. The normalized spacial score (nSPS) is 15.7. The van der Waals surface area contributed by atoms with Gasteiger partial charge in [0.05, 0.1) is 11.6 Å². The lowest BCUT2D eigenvalue weighted by Crippen LogP contribution is -2.32. The summed E-state index contributed by atoms with van der Waals surface area (Å²) in [5.41, 5.74) is 3.08. The van der Waals surface area contributed by atoms with Gasteiger partial charge in [-0.05, 0) is 41.3 Å². The number of carbonyl (C=O) groups is 1. The molecule has 3 rings (SSSR count). The summed E-state index contributed by atoms with van der Waals surface area (Å²) in [5.74, 6) is -0.365. The van der Waals surface area contributed by atoms with Gasteiger partial charge in [-0.2, -0.15) is 0 Å². The first-order valence-electron chi connectivity index (χ1n) is 8.61. The second-order valence-corrected chi connectivity index (χ2v) is 7.15. The average molecular weight is 431 g/mol. The Bertz CT molecular complexity index is 883. The molecular formula is C20H19BrN2O4. The molecule has 0 spiro atoms. The predicted molar refractivity (Wildman–Crippen MR) is 106 cm³/mol. The Labute approximate surface area is 165 Å². The molecule has 1 atom stereocenters. The molecule has 1 aliphatic rings. The highest BCUT2D eigenvalue weighted by atomic mass is 79.9. The van der Waals surface area contributed by atoms with Crippen LogP contribution in [0, 0.1) is 10.1 Å². The fourth-order valence-corrected chi connectivity index (χ4v) is 3.57. The number of amides is 1. The molecule has 1 amide bonds. The molecule has 6 nitrogen and oxygen atoms in total. The van der Waals surface area contributed by atoms with Gasteiger partial charge >= 0.3 is 6.09 Å². The second-order valence-electron chi connectivity index (χ2n) is 6.24. The van der Waals surface area contributed by atoms with Crippen molar-refractivity contribution < 1.29 is 14.5 Å². The fraction of sp³-hybridized carbons (Fsp3) is 0.250. The molecule has 1 heterocycles. The Morgan fingerprint density at radius 2 is 2.00 bits per heavy atom. The van der Waals surface area contributed by atoms with Gasteiger partial charge in [-0.1, -0.05) is 53.2 Å². The summed E-state index contributed by atoms with van der Waals surface area (Å²) < 4.78 is 6.27. The maximum absolute atomic E-state index is 12.7. The van der Waals surface area contributed by atoms with E-state index in [1.54, 1.807) is 12.3 Å². The third-order valence-electron chi connectivity index (χ3n) is 4.51. The number of ether oxygens (including phenoxy) is 1. The molecular weight excluding hydrogens is 412 g/mol. The lowest BCUT2D eigenvalue weighted by atomic mass is 9.86. The number of nitro groups is 1. The predicted octanol–water partition coefficient (Wildman–Crippen LogP) is 5.26. The molecule has 0 unspecified atom stereocenters. The van der Waals surface area contributed by atoms with Crippen LogP contribution in [0.2, 0.25) is 0 Å².